The fraction of sp³-hybridized carbons (Fsp3) is 0.333. The SMILES string of the molecule is COc1ccc(CCc2c(C=O)nnn2CC#N)cc1OC. The van der Waals surface area contributed by atoms with Gasteiger partial charge in [-0.25, -0.2) is 4.68 Å². The molecule has 0 amide bonds. The Morgan fingerprint density at radius 1 is 1.27 bits per heavy atom. The van der Waals surface area contributed by atoms with Crippen molar-refractivity contribution < 1.29 is 14.3 Å². The van der Waals surface area contributed by atoms with Gasteiger partial charge in [0.15, 0.2) is 17.8 Å². The number of rotatable bonds is 7. The number of aromatic nitrogens is 3. The highest BCUT2D eigenvalue weighted by atomic mass is 16.5. The lowest BCUT2D eigenvalue weighted by molar-refractivity contribution is 0.111. The van der Waals surface area contributed by atoms with E-state index in [1.165, 1.54) is 4.68 Å². The van der Waals surface area contributed by atoms with Gasteiger partial charge in [-0.15, -0.1) is 5.10 Å². The van der Waals surface area contributed by atoms with Gasteiger partial charge in [0.1, 0.15) is 12.2 Å². The van der Waals surface area contributed by atoms with Crippen molar-refractivity contribution in [3.8, 4) is 17.6 Å². The molecular weight excluding hydrogens is 284 g/mol. The Balaban J connectivity index is 2.18. The van der Waals surface area contributed by atoms with Crippen molar-refractivity contribution in [2.75, 3.05) is 14.2 Å². The van der Waals surface area contributed by atoms with Crippen LogP contribution in [0.5, 0.6) is 11.5 Å². The molecule has 7 nitrogen and oxygen atoms in total. The molecule has 0 N–H and O–H groups in total. The van der Waals surface area contributed by atoms with E-state index in [0.29, 0.717) is 36.3 Å². The summed E-state index contributed by atoms with van der Waals surface area (Å²) in [7, 11) is 3.16. The molecule has 0 atom stereocenters. The fourth-order valence-electron chi connectivity index (χ4n) is 2.19. The minimum atomic E-state index is 0.0715. The smallest absolute Gasteiger partial charge is 0.172 e. The number of hydrogen-bond donors (Lipinski definition) is 0. The summed E-state index contributed by atoms with van der Waals surface area (Å²) in [4.78, 5) is 11.0. The first-order valence-electron chi connectivity index (χ1n) is 6.68. The average molecular weight is 300 g/mol. The van der Waals surface area contributed by atoms with Gasteiger partial charge < -0.3 is 9.47 Å². The van der Waals surface area contributed by atoms with E-state index in [0.717, 1.165) is 5.56 Å². The molecule has 1 aromatic carbocycles. The Bertz CT molecular complexity index is 703. The second-order valence-electron chi connectivity index (χ2n) is 4.54. The molecule has 2 rings (SSSR count). The molecule has 1 aromatic heterocycles. The van der Waals surface area contributed by atoms with Gasteiger partial charge in [-0.05, 0) is 30.5 Å². The largest absolute Gasteiger partial charge is 0.493 e. The monoisotopic (exact) mass is 300 g/mol. The van der Waals surface area contributed by atoms with E-state index >= 15 is 0 Å². The maximum atomic E-state index is 11.0. The van der Waals surface area contributed by atoms with Crippen LogP contribution in [0.25, 0.3) is 0 Å². The molecule has 0 saturated carbocycles. The summed E-state index contributed by atoms with van der Waals surface area (Å²) in [6.07, 6.45) is 1.88. The quantitative estimate of drug-likeness (QED) is 0.718. The number of nitrogens with zero attached hydrogens (tertiary/aromatic N) is 4. The minimum Gasteiger partial charge on any atom is -0.493 e. The van der Waals surface area contributed by atoms with Crippen LogP contribution in [0.15, 0.2) is 18.2 Å². The molecule has 0 aliphatic carbocycles. The van der Waals surface area contributed by atoms with Crippen molar-refractivity contribution in [2.24, 2.45) is 0 Å². The summed E-state index contributed by atoms with van der Waals surface area (Å²) in [5.74, 6) is 1.32. The number of hydrogen-bond acceptors (Lipinski definition) is 6. The Morgan fingerprint density at radius 3 is 2.68 bits per heavy atom. The average Bonchev–Trinajstić information content (AvgIpc) is 2.94. The number of aryl methyl sites for hydroxylation is 1. The summed E-state index contributed by atoms with van der Waals surface area (Å²) in [6.45, 7) is 0.0715. The van der Waals surface area contributed by atoms with Crippen LogP contribution < -0.4 is 9.47 Å². The molecule has 22 heavy (non-hydrogen) atoms. The van der Waals surface area contributed by atoms with Crippen molar-refractivity contribution in [3.05, 3.63) is 35.2 Å². The molecule has 7 heteroatoms. The highest BCUT2D eigenvalue weighted by molar-refractivity contribution is 5.73. The Hall–Kier alpha value is -2.88. The lowest BCUT2D eigenvalue weighted by atomic mass is 10.1. The van der Waals surface area contributed by atoms with Gasteiger partial charge in [0.05, 0.1) is 26.0 Å². The van der Waals surface area contributed by atoms with Gasteiger partial charge in [0.2, 0.25) is 0 Å². The molecule has 0 radical (unpaired) electrons. The molecule has 0 unspecified atom stereocenters. The van der Waals surface area contributed by atoms with Crippen LogP contribution in [0.2, 0.25) is 0 Å². The number of methoxy groups -OCH3 is 2. The zero-order valence-corrected chi connectivity index (χ0v) is 12.4. The zero-order chi connectivity index (χ0) is 15.9. The third-order valence-electron chi connectivity index (χ3n) is 3.30. The Kier molecular flexibility index (Phi) is 5.09. The van der Waals surface area contributed by atoms with Gasteiger partial charge in [-0.2, -0.15) is 5.26 Å². The predicted octanol–water partition coefficient (Wildman–Crippen LogP) is 1.42. The topological polar surface area (TPSA) is 90.0 Å². The van der Waals surface area contributed by atoms with E-state index in [9.17, 15) is 4.79 Å². The van der Waals surface area contributed by atoms with Crippen molar-refractivity contribution >= 4 is 6.29 Å². The number of nitriles is 1. The van der Waals surface area contributed by atoms with Crippen LogP contribution in [-0.4, -0.2) is 35.5 Å². The van der Waals surface area contributed by atoms with Crippen molar-refractivity contribution in [3.63, 3.8) is 0 Å². The molecule has 0 aliphatic heterocycles. The van der Waals surface area contributed by atoms with E-state index in [1.807, 2.05) is 24.3 Å². The molecular formula is C15H16N4O3. The van der Waals surface area contributed by atoms with Crippen LogP contribution in [0.4, 0.5) is 0 Å². The third-order valence-corrected chi connectivity index (χ3v) is 3.30. The predicted molar refractivity (Wildman–Crippen MR) is 78.0 cm³/mol. The van der Waals surface area contributed by atoms with E-state index in [1.54, 1.807) is 14.2 Å². The fourth-order valence-corrected chi connectivity index (χ4v) is 2.19. The van der Waals surface area contributed by atoms with Crippen molar-refractivity contribution in [1.82, 2.24) is 15.0 Å². The summed E-state index contributed by atoms with van der Waals surface area (Å²) >= 11 is 0. The number of carbonyl (C=O) groups excluding carboxylic acids is 1. The second-order valence-corrected chi connectivity index (χ2v) is 4.54. The van der Waals surface area contributed by atoms with E-state index < -0.39 is 0 Å². The molecule has 2 aromatic rings. The highest BCUT2D eigenvalue weighted by Crippen LogP contribution is 2.28. The number of aldehydes is 1. The number of ether oxygens (including phenoxy) is 2. The lowest BCUT2D eigenvalue weighted by Gasteiger charge is -2.09. The molecule has 1 heterocycles. The van der Waals surface area contributed by atoms with E-state index in [4.69, 9.17) is 14.7 Å². The standard InChI is InChI=1S/C15H16N4O3/c1-21-14-6-4-11(9-15(14)22-2)3-5-13-12(10-20)17-18-19(13)8-7-16/h4,6,9-10H,3,5,8H2,1-2H3. The maximum Gasteiger partial charge on any atom is 0.172 e. The summed E-state index contributed by atoms with van der Waals surface area (Å²) in [6, 6.07) is 7.65. The Morgan fingerprint density at radius 2 is 2.05 bits per heavy atom. The molecule has 0 saturated heterocycles. The third kappa shape index (κ3) is 3.23. The van der Waals surface area contributed by atoms with E-state index in [2.05, 4.69) is 10.3 Å². The van der Waals surface area contributed by atoms with Gasteiger partial charge >= 0.3 is 0 Å². The van der Waals surface area contributed by atoms with Crippen LogP contribution >= 0.6 is 0 Å². The molecule has 0 bridgehead atoms. The zero-order valence-electron chi connectivity index (χ0n) is 12.4. The number of carbonyl (C=O) groups is 1. The maximum absolute atomic E-state index is 11.0. The van der Waals surface area contributed by atoms with Gasteiger partial charge in [-0.1, -0.05) is 11.3 Å². The first-order chi connectivity index (χ1) is 10.7. The van der Waals surface area contributed by atoms with E-state index in [-0.39, 0.29) is 12.2 Å². The van der Waals surface area contributed by atoms with Gasteiger partial charge in [-0.3, -0.25) is 4.79 Å². The van der Waals surface area contributed by atoms with Gasteiger partial charge in [0, 0.05) is 0 Å². The molecule has 114 valence electrons. The molecule has 0 fully saturated rings. The molecule has 0 spiro atoms. The van der Waals surface area contributed by atoms with Gasteiger partial charge in [0.25, 0.3) is 0 Å². The first-order valence-corrected chi connectivity index (χ1v) is 6.68. The summed E-state index contributed by atoms with van der Waals surface area (Å²) < 4.78 is 11.9. The first kappa shape index (κ1) is 15.5. The highest BCUT2D eigenvalue weighted by Gasteiger charge is 2.13. The lowest BCUT2D eigenvalue weighted by Crippen LogP contribution is -2.06. The van der Waals surface area contributed by atoms with Crippen LogP contribution in [0, 0.1) is 11.3 Å². The summed E-state index contributed by atoms with van der Waals surface area (Å²) in [5, 5.41) is 16.4. The summed E-state index contributed by atoms with van der Waals surface area (Å²) in [5.41, 5.74) is 1.96. The van der Waals surface area contributed by atoms with Crippen LogP contribution in [-0.2, 0) is 19.4 Å². The van der Waals surface area contributed by atoms with Crippen molar-refractivity contribution in [2.45, 2.75) is 19.4 Å². The Labute approximate surface area is 128 Å². The normalized spacial score (nSPS) is 10.0. The number of benzene rings is 1. The minimum absolute atomic E-state index is 0.0715. The van der Waals surface area contributed by atoms with Crippen LogP contribution in [0.1, 0.15) is 21.7 Å². The van der Waals surface area contributed by atoms with Crippen LogP contribution in [0.3, 0.4) is 0 Å². The molecule has 0 aliphatic rings. The van der Waals surface area contributed by atoms with Crippen molar-refractivity contribution in [1.29, 1.82) is 5.26 Å². The second kappa shape index (κ2) is 7.22.